The van der Waals surface area contributed by atoms with Gasteiger partial charge in [-0.15, -0.1) is 0 Å². The minimum Gasteiger partial charge on any atom is -0.488 e. The lowest BCUT2D eigenvalue weighted by Gasteiger charge is -2.34. The second kappa shape index (κ2) is 5.50. The van der Waals surface area contributed by atoms with Gasteiger partial charge in [-0.1, -0.05) is 13.3 Å². The molecule has 1 aromatic rings. The van der Waals surface area contributed by atoms with E-state index < -0.39 is 0 Å². The number of pyridine rings is 1. The average molecular weight is 234 g/mol. The van der Waals surface area contributed by atoms with Crippen LogP contribution in [-0.2, 0) is 0 Å². The molecular formula is C14H22N2O. The van der Waals surface area contributed by atoms with E-state index in [0.29, 0.717) is 5.92 Å². The Hall–Kier alpha value is -1.09. The number of rotatable bonds is 3. The van der Waals surface area contributed by atoms with Crippen molar-refractivity contribution < 1.29 is 4.74 Å². The van der Waals surface area contributed by atoms with Crippen molar-refractivity contribution in [3.05, 3.63) is 24.0 Å². The molecule has 0 amide bonds. The molecular weight excluding hydrogens is 212 g/mol. The summed E-state index contributed by atoms with van der Waals surface area (Å²) in [5.41, 5.74) is 6.84. The maximum atomic E-state index is 6.04. The van der Waals surface area contributed by atoms with Crippen LogP contribution in [0.2, 0.25) is 0 Å². The van der Waals surface area contributed by atoms with Gasteiger partial charge < -0.3 is 10.5 Å². The van der Waals surface area contributed by atoms with E-state index in [1.165, 1.54) is 12.8 Å². The smallest absolute Gasteiger partial charge is 0.138 e. The SMILES string of the molecule is Cc1ccc(OC2CC(C)CCC2CN)cn1. The molecule has 1 aliphatic carbocycles. The standard InChI is InChI=1S/C14H22N2O/c1-10-3-5-12(8-15)14(7-10)17-13-6-4-11(2)16-9-13/h4,6,9-10,12,14H,3,5,7-8,15H2,1-2H3. The van der Waals surface area contributed by atoms with Gasteiger partial charge in [-0.3, -0.25) is 4.98 Å². The zero-order valence-corrected chi connectivity index (χ0v) is 10.7. The fourth-order valence-electron chi connectivity index (χ4n) is 2.50. The summed E-state index contributed by atoms with van der Waals surface area (Å²) in [6, 6.07) is 3.98. The number of nitrogens with two attached hydrogens (primary N) is 1. The zero-order valence-electron chi connectivity index (χ0n) is 10.7. The van der Waals surface area contributed by atoms with Gasteiger partial charge in [0.2, 0.25) is 0 Å². The topological polar surface area (TPSA) is 48.1 Å². The first kappa shape index (κ1) is 12.4. The number of aromatic nitrogens is 1. The highest BCUT2D eigenvalue weighted by atomic mass is 16.5. The molecule has 3 heteroatoms. The van der Waals surface area contributed by atoms with E-state index in [-0.39, 0.29) is 6.10 Å². The summed E-state index contributed by atoms with van der Waals surface area (Å²) in [6.07, 6.45) is 5.63. The number of ether oxygens (including phenoxy) is 1. The molecule has 1 heterocycles. The first-order valence-corrected chi connectivity index (χ1v) is 6.48. The Morgan fingerprint density at radius 3 is 2.88 bits per heavy atom. The van der Waals surface area contributed by atoms with Gasteiger partial charge in [0.15, 0.2) is 0 Å². The van der Waals surface area contributed by atoms with Gasteiger partial charge in [0.25, 0.3) is 0 Å². The van der Waals surface area contributed by atoms with Crippen LogP contribution in [0.4, 0.5) is 0 Å². The predicted molar refractivity (Wildman–Crippen MR) is 68.9 cm³/mol. The quantitative estimate of drug-likeness (QED) is 0.874. The molecule has 1 aliphatic rings. The number of hydrogen-bond donors (Lipinski definition) is 1. The fraction of sp³-hybridized carbons (Fsp3) is 0.643. The van der Waals surface area contributed by atoms with Gasteiger partial charge in [0.1, 0.15) is 11.9 Å². The fourth-order valence-corrected chi connectivity index (χ4v) is 2.50. The van der Waals surface area contributed by atoms with Crippen LogP contribution < -0.4 is 10.5 Å². The van der Waals surface area contributed by atoms with Gasteiger partial charge in [-0.05, 0) is 44.4 Å². The van der Waals surface area contributed by atoms with E-state index in [1.54, 1.807) is 0 Å². The highest BCUT2D eigenvalue weighted by Gasteiger charge is 2.29. The zero-order chi connectivity index (χ0) is 12.3. The van der Waals surface area contributed by atoms with Crippen LogP contribution in [0.15, 0.2) is 18.3 Å². The highest BCUT2D eigenvalue weighted by molar-refractivity contribution is 5.19. The number of hydrogen-bond acceptors (Lipinski definition) is 3. The normalized spacial score (nSPS) is 29.0. The molecule has 3 atom stereocenters. The Labute approximate surface area is 103 Å². The van der Waals surface area contributed by atoms with Crippen molar-refractivity contribution in [1.82, 2.24) is 4.98 Å². The van der Waals surface area contributed by atoms with Gasteiger partial charge in [0, 0.05) is 11.6 Å². The molecule has 0 aliphatic heterocycles. The molecule has 1 aromatic heterocycles. The summed E-state index contributed by atoms with van der Waals surface area (Å²) in [7, 11) is 0. The van der Waals surface area contributed by atoms with E-state index in [9.17, 15) is 0 Å². The maximum absolute atomic E-state index is 6.04. The molecule has 1 saturated carbocycles. The summed E-state index contributed by atoms with van der Waals surface area (Å²) in [6.45, 7) is 4.99. The summed E-state index contributed by atoms with van der Waals surface area (Å²) >= 11 is 0. The predicted octanol–water partition coefficient (Wildman–Crippen LogP) is 2.53. The third-order valence-electron chi connectivity index (χ3n) is 3.67. The van der Waals surface area contributed by atoms with Crippen LogP contribution in [0.3, 0.4) is 0 Å². The minimum absolute atomic E-state index is 0.258. The molecule has 1 fully saturated rings. The lowest BCUT2D eigenvalue weighted by molar-refractivity contribution is 0.0738. The van der Waals surface area contributed by atoms with Gasteiger partial charge >= 0.3 is 0 Å². The Morgan fingerprint density at radius 2 is 2.24 bits per heavy atom. The van der Waals surface area contributed by atoms with Crippen molar-refractivity contribution in [2.75, 3.05) is 6.54 Å². The molecule has 0 aromatic carbocycles. The maximum Gasteiger partial charge on any atom is 0.138 e. The molecule has 0 radical (unpaired) electrons. The van der Waals surface area contributed by atoms with Gasteiger partial charge in [-0.25, -0.2) is 0 Å². The van der Waals surface area contributed by atoms with Crippen molar-refractivity contribution >= 4 is 0 Å². The molecule has 0 spiro atoms. The largest absolute Gasteiger partial charge is 0.488 e. The van der Waals surface area contributed by atoms with Crippen LogP contribution in [0.5, 0.6) is 5.75 Å². The van der Waals surface area contributed by atoms with E-state index in [4.69, 9.17) is 10.5 Å². The van der Waals surface area contributed by atoms with Crippen molar-refractivity contribution in [1.29, 1.82) is 0 Å². The minimum atomic E-state index is 0.258. The first-order valence-electron chi connectivity index (χ1n) is 6.48. The second-order valence-corrected chi connectivity index (χ2v) is 5.21. The molecule has 94 valence electrons. The van der Waals surface area contributed by atoms with Gasteiger partial charge in [0.05, 0.1) is 6.20 Å². The molecule has 0 bridgehead atoms. The third-order valence-corrected chi connectivity index (χ3v) is 3.67. The molecule has 2 N–H and O–H groups in total. The molecule has 3 nitrogen and oxygen atoms in total. The van der Waals surface area contributed by atoms with Crippen LogP contribution in [-0.4, -0.2) is 17.6 Å². The molecule has 3 unspecified atom stereocenters. The monoisotopic (exact) mass is 234 g/mol. The lowest BCUT2D eigenvalue weighted by Crippen LogP contribution is -2.37. The number of nitrogens with zero attached hydrogens (tertiary/aromatic N) is 1. The molecule has 2 rings (SSSR count). The summed E-state index contributed by atoms with van der Waals surface area (Å²) in [5.74, 6) is 2.10. The molecule has 0 saturated heterocycles. The number of aryl methyl sites for hydroxylation is 1. The van der Waals surface area contributed by atoms with Crippen LogP contribution in [0.25, 0.3) is 0 Å². The Balaban J connectivity index is 2.02. The first-order chi connectivity index (χ1) is 8.19. The third kappa shape index (κ3) is 3.19. The summed E-state index contributed by atoms with van der Waals surface area (Å²) < 4.78 is 6.04. The second-order valence-electron chi connectivity index (χ2n) is 5.21. The van der Waals surface area contributed by atoms with Crippen molar-refractivity contribution in [3.63, 3.8) is 0 Å². The van der Waals surface area contributed by atoms with Crippen LogP contribution in [0.1, 0.15) is 31.9 Å². The van der Waals surface area contributed by atoms with E-state index in [0.717, 1.165) is 30.3 Å². The van der Waals surface area contributed by atoms with E-state index in [1.807, 2.05) is 25.3 Å². The van der Waals surface area contributed by atoms with Crippen LogP contribution in [0, 0.1) is 18.8 Å². The van der Waals surface area contributed by atoms with Crippen molar-refractivity contribution in [3.8, 4) is 5.75 Å². The van der Waals surface area contributed by atoms with E-state index in [2.05, 4.69) is 11.9 Å². The van der Waals surface area contributed by atoms with Crippen LogP contribution >= 0.6 is 0 Å². The van der Waals surface area contributed by atoms with Crippen molar-refractivity contribution in [2.45, 2.75) is 39.2 Å². The van der Waals surface area contributed by atoms with E-state index >= 15 is 0 Å². The average Bonchev–Trinajstić information content (AvgIpc) is 2.32. The van der Waals surface area contributed by atoms with Gasteiger partial charge in [-0.2, -0.15) is 0 Å². The highest BCUT2D eigenvalue weighted by Crippen LogP contribution is 2.31. The summed E-state index contributed by atoms with van der Waals surface area (Å²) in [4.78, 5) is 4.26. The molecule has 17 heavy (non-hydrogen) atoms. The van der Waals surface area contributed by atoms with Crippen molar-refractivity contribution in [2.24, 2.45) is 17.6 Å². The Kier molecular flexibility index (Phi) is 4.00. The Morgan fingerprint density at radius 1 is 1.41 bits per heavy atom. The lowest BCUT2D eigenvalue weighted by atomic mass is 9.80. The summed E-state index contributed by atoms with van der Waals surface area (Å²) in [5, 5.41) is 0. The Bertz CT molecular complexity index is 350.